The maximum absolute atomic E-state index is 12.2. The fraction of sp³-hybridized carbons (Fsp3) is 0.571. The highest BCUT2D eigenvalue weighted by Gasteiger charge is 2.35. The number of amides is 1. The van der Waals surface area contributed by atoms with E-state index >= 15 is 0 Å². The van der Waals surface area contributed by atoms with Crippen molar-refractivity contribution in [1.82, 2.24) is 10.3 Å². The lowest BCUT2D eigenvalue weighted by molar-refractivity contribution is 0.0853. The van der Waals surface area contributed by atoms with Gasteiger partial charge in [0.25, 0.3) is 5.91 Å². The summed E-state index contributed by atoms with van der Waals surface area (Å²) in [5, 5.41) is 3.12. The van der Waals surface area contributed by atoms with Crippen LogP contribution in [0.25, 0.3) is 0 Å². The van der Waals surface area contributed by atoms with Crippen molar-refractivity contribution in [1.29, 1.82) is 0 Å². The molecule has 1 saturated carbocycles. The van der Waals surface area contributed by atoms with Gasteiger partial charge in [-0.2, -0.15) is 0 Å². The Morgan fingerprint density at radius 1 is 1.67 bits per heavy atom. The van der Waals surface area contributed by atoms with E-state index in [9.17, 15) is 4.79 Å². The molecule has 1 aromatic heterocycles. The number of nitrogens with zero attached hydrogens (tertiary/aromatic N) is 1. The highest BCUT2D eigenvalue weighted by molar-refractivity contribution is 5.94. The van der Waals surface area contributed by atoms with Crippen molar-refractivity contribution in [3.05, 3.63) is 30.1 Å². The summed E-state index contributed by atoms with van der Waals surface area (Å²) >= 11 is 0. The molecule has 2 unspecified atom stereocenters. The molecule has 1 aliphatic rings. The van der Waals surface area contributed by atoms with Gasteiger partial charge in [0.2, 0.25) is 0 Å². The molecule has 1 amide bonds. The quantitative estimate of drug-likeness (QED) is 0.854. The molecule has 0 spiro atoms. The first-order valence-corrected chi connectivity index (χ1v) is 6.58. The number of aromatic nitrogens is 1. The molecule has 0 aromatic carbocycles. The molecule has 18 heavy (non-hydrogen) atoms. The van der Waals surface area contributed by atoms with Gasteiger partial charge in [-0.25, -0.2) is 0 Å². The predicted molar refractivity (Wildman–Crippen MR) is 71.1 cm³/mol. The Balaban J connectivity index is 2.08. The van der Waals surface area contributed by atoms with E-state index < -0.39 is 0 Å². The van der Waals surface area contributed by atoms with Gasteiger partial charge in [-0.05, 0) is 30.9 Å². The second kappa shape index (κ2) is 5.48. The van der Waals surface area contributed by atoms with Crippen LogP contribution >= 0.6 is 0 Å². The maximum atomic E-state index is 12.2. The molecule has 0 saturated heterocycles. The molecule has 2 atom stereocenters. The molecular weight excluding hydrogens is 226 g/mol. The van der Waals surface area contributed by atoms with Crippen LogP contribution in [0.5, 0.6) is 0 Å². The van der Waals surface area contributed by atoms with E-state index in [1.165, 1.54) is 6.42 Å². The van der Waals surface area contributed by atoms with Gasteiger partial charge in [-0.1, -0.05) is 19.8 Å². The topological polar surface area (TPSA) is 68.0 Å². The fourth-order valence-corrected chi connectivity index (χ4v) is 2.82. The van der Waals surface area contributed by atoms with Gasteiger partial charge >= 0.3 is 0 Å². The Morgan fingerprint density at radius 2 is 2.50 bits per heavy atom. The molecule has 1 heterocycles. The van der Waals surface area contributed by atoms with Crippen molar-refractivity contribution in [3.63, 3.8) is 0 Å². The van der Waals surface area contributed by atoms with E-state index in [4.69, 9.17) is 5.73 Å². The largest absolute Gasteiger partial charge is 0.345 e. The SMILES string of the molecule is CC1CCCC(CN)(NC(=O)c2cccnc2)C1. The summed E-state index contributed by atoms with van der Waals surface area (Å²) < 4.78 is 0. The second-order valence-electron chi connectivity index (χ2n) is 5.38. The minimum absolute atomic E-state index is 0.0670. The molecule has 2 rings (SSSR count). The zero-order chi connectivity index (χ0) is 13.0. The number of carbonyl (C=O) groups excluding carboxylic acids is 1. The van der Waals surface area contributed by atoms with Gasteiger partial charge in [0.1, 0.15) is 0 Å². The summed E-state index contributed by atoms with van der Waals surface area (Å²) in [4.78, 5) is 16.1. The van der Waals surface area contributed by atoms with E-state index in [-0.39, 0.29) is 11.4 Å². The molecule has 1 aliphatic carbocycles. The van der Waals surface area contributed by atoms with Crippen molar-refractivity contribution in [2.45, 2.75) is 38.1 Å². The fourth-order valence-electron chi connectivity index (χ4n) is 2.82. The maximum Gasteiger partial charge on any atom is 0.253 e. The molecule has 4 heteroatoms. The van der Waals surface area contributed by atoms with Crippen LogP contribution in [0.3, 0.4) is 0 Å². The summed E-state index contributed by atoms with van der Waals surface area (Å²) in [6.45, 7) is 2.73. The van der Waals surface area contributed by atoms with Gasteiger partial charge in [0.15, 0.2) is 0 Å². The van der Waals surface area contributed by atoms with E-state index in [1.54, 1.807) is 24.5 Å². The van der Waals surface area contributed by atoms with Gasteiger partial charge in [0, 0.05) is 18.9 Å². The molecule has 98 valence electrons. The normalized spacial score (nSPS) is 27.8. The summed E-state index contributed by atoms with van der Waals surface area (Å²) in [5.74, 6) is 0.555. The molecule has 0 radical (unpaired) electrons. The van der Waals surface area contributed by atoms with Gasteiger partial charge in [0.05, 0.1) is 11.1 Å². The first-order chi connectivity index (χ1) is 8.65. The monoisotopic (exact) mass is 247 g/mol. The number of hydrogen-bond acceptors (Lipinski definition) is 3. The highest BCUT2D eigenvalue weighted by Crippen LogP contribution is 2.31. The van der Waals surface area contributed by atoms with Crippen molar-refractivity contribution >= 4 is 5.91 Å². The molecule has 4 nitrogen and oxygen atoms in total. The van der Waals surface area contributed by atoms with Crippen LogP contribution in [0.2, 0.25) is 0 Å². The van der Waals surface area contributed by atoms with Crippen molar-refractivity contribution < 1.29 is 4.79 Å². The third-order valence-corrected chi connectivity index (χ3v) is 3.78. The minimum Gasteiger partial charge on any atom is -0.345 e. The highest BCUT2D eigenvalue weighted by atomic mass is 16.1. The molecule has 1 aromatic rings. The average Bonchev–Trinajstić information content (AvgIpc) is 2.39. The minimum atomic E-state index is -0.232. The van der Waals surface area contributed by atoms with Crippen LogP contribution in [0.4, 0.5) is 0 Å². The summed E-state index contributed by atoms with van der Waals surface area (Å²) in [6, 6.07) is 3.55. The van der Waals surface area contributed by atoms with Crippen LogP contribution in [0, 0.1) is 5.92 Å². The first kappa shape index (κ1) is 13.0. The molecule has 1 fully saturated rings. The summed E-state index contributed by atoms with van der Waals surface area (Å²) in [5.41, 5.74) is 6.27. The van der Waals surface area contributed by atoms with Gasteiger partial charge in [-0.15, -0.1) is 0 Å². The standard InChI is InChI=1S/C14H21N3O/c1-11-4-2-6-14(8-11,10-15)17-13(18)12-5-3-7-16-9-12/h3,5,7,9,11H,2,4,6,8,10,15H2,1H3,(H,17,18). The molecular formula is C14H21N3O. The Kier molecular flexibility index (Phi) is 3.97. The van der Waals surface area contributed by atoms with E-state index in [0.29, 0.717) is 18.0 Å². The lowest BCUT2D eigenvalue weighted by Gasteiger charge is -2.40. The Morgan fingerprint density at radius 3 is 3.11 bits per heavy atom. The van der Waals surface area contributed by atoms with Crippen LogP contribution in [0.15, 0.2) is 24.5 Å². The van der Waals surface area contributed by atoms with Crippen LogP contribution < -0.4 is 11.1 Å². The van der Waals surface area contributed by atoms with Gasteiger partial charge in [-0.3, -0.25) is 9.78 Å². The average molecular weight is 247 g/mol. The number of nitrogens with one attached hydrogen (secondary N) is 1. The summed E-state index contributed by atoms with van der Waals surface area (Å²) in [6.07, 6.45) is 7.55. The zero-order valence-corrected chi connectivity index (χ0v) is 10.9. The molecule has 3 N–H and O–H groups in total. The van der Waals surface area contributed by atoms with E-state index in [2.05, 4.69) is 17.2 Å². The lowest BCUT2D eigenvalue weighted by Crippen LogP contribution is -2.56. The second-order valence-corrected chi connectivity index (χ2v) is 5.38. The Labute approximate surface area is 108 Å². The van der Waals surface area contributed by atoms with E-state index in [1.807, 2.05) is 0 Å². The Bertz CT molecular complexity index is 407. The number of rotatable bonds is 3. The van der Waals surface area contributed by atoms with Crippen LogP contribution in [-0.4, -0.2) is 23.0 Å². The third kappa shape index (κ3) is 2.88. The van der Waals surface area contributed by atoms with Gasteiger partial charge < -0.3 is 11.1 Å². The van der Waals surface area contributed by atoms with Crippen LogP contribution in [-0.2, 0) is 0 Å². The molecule has 0 aliphatic heterocycles. The number of pyridine rings is 1. The van der Waals surface area contributed by atoms with Crippen molar-refractivity contribution in [2.75, 3.05) is 6.54 Å². The molecule has 0 bridgehead atoms. The third-order valence-electron chi connectivity index (χ3n) is 3.78. The number of carbonyl (C=O) groups is 1. The first-order valence-electron chi connectivity index (χ1n) is 6.58. The smallest absolute Gasteiger partial charge is 0.253 e. The number of nitrogens with two attached hydrogens (primary N) is 1. The predicted octanol–water partition coefficient (Wildman–Crippen LogP) is 1.72. The Hall–Kier alpha value is -1.42. The van der Waals surface area contributed by atoms with Crippen LogP contribution in [0.1, 0.15) is 43.0 Å². The number of hydrogen-bond donors (Lipinski definition) is 2. The van der Waals surface area contributed by atoms with Crippen molar-refractivity contribution in [2.24, 2.45) is 11.7 Å². The lowest BCUT2D eigenvalue weighted by atomic mass is 9.76. The van der Waals surface area contributed by atoms with E-state index in [0.717, 1.165) is 19.3 Å². The van der Waals surface area contributed by atoms with Crippen molar-refractivity contribution in [3.8, 4) is 0 Å². The zero-order valence-electron chi connectivity index (χ0n) is 10.9. The summed E-state index contributed by atoms with van der Waals surface area (Å²) in [7, 11) is 0.